The highest BCUT2D eigenvalue weighted by Crippen LogP contribution is 2.10. The van der Waals surface area contributed by atoms with Crippen LogP contribution >= 0.6 is 0 Å². The van der Waals surface area contributed by atoms with Crippen molar-refractivity contribution < 1.29 is 9.13 Å². The molecule has 5 nitrogen and oxygen atoms in total. The molecule has 2 N–H and O–H groups in total. The number of rotatable bonds is 6. The summed E-state index contributed by atoms with van der Waals surface area (Å²) in [5, 5.41) is 6.41. The van der Waals surface area contributed by atoms with Gasteiger partial charge in [0.05, 0.1) is 25.9 Å². The number of guanidine groups is 1. The number of aryl methyl sites for hydroxylation is 1. The largest absolute Gasteiger partial charge is 0.481 e. The lowest BCUT2D eigenvalue weighted by atomic mass is 10.1. The standard InChI is InChI=1S/C18H23FN4O/c1-4-20-18(21-11-14-8-9-16(19)13(2)10-14)22-12-15-6-5-7-17(23-15)24-3/h5-10H,4,11-12H2,1-3H3,(H2,20,21,22). The molecule has 0 saturated carbocycles. The summed E-state index contributed by atoms with van der Waals surface area (Å²) in [6.07, 6.45) is 0. The van der Waals surface area contributed by atoms with Gasteiger partial charge >= 0.3 is 0 Å². The van der Waals surface area contributed by atoms with Crippen molar-refractivity contribution in [1.29, 1.82) is 0 Å². The van der Waals surface area contributed by atoms with E-state index in [1.54, 1.807) is 26.2 Å². The van der Waals surface area contributed by atoms with E-state index in [-0.39, 0.29) is 5.82 Å². The van der Waals surface area contributed by atoms with Crippen LogP contribution in [0.4, 0.5) is 4.39 Å². The molecule has 0 atom stereocenters. The average Bonchev–Trinajstić information content (AvgIpc) is 2.60. The second-order valence-electron chi connectivity index (χ2n) is 5.30. The minimum Gasteiger partial charge on any atom is -0.481 e. The number of pyridine rings is 1. The maximum atomic E-state index is 13.3. The first kappa shape index (κ1) is 17.7. The maximum Gasteiger partial charge on any atom is 0.213 e. The van der Waals surface area contributed by atoms with Crippen molar-refractivity contribution in [2.75, 3.05) is 13.7 Å². The van der Waals surface area contributed by atoms with E-state index in [0.717, 1.165) is 17.8 Å². The lowest BCUT2D eigenvalue weighted by Crippen LogP contribution is -2.37. The SMILES string of the molecule is CCNC(=NCc1ccc(F)c(C)c1)NCc1cccc(OC)n1. The number of hydrogen-bond acceptors (Lipinski definition) is 3. The molecule has 0 aliphatic carbocycles. The number of methoxy groups -OCH3 is 1. The highest BCUT2D eigenvalue weighted by Gasteiger charge is 2.02. The van der Waals surface area contributed by atoms with Crippen LogP contribution in [0.2, 0.25) is 0 Å². The van der Waals surface area contributed by atoms with Gasteiger partial charge in [0.1, 0.15) is 5.82 Å². The number of aliphatic imine (C=N–C) groups is 1. The van der Waals surface area contributed by atoms with Gasteiger partial charge in [0.25, 0.3) is 0 Å². The van der Waals surface area contributed by atoms with Crippen molar-refractivity contribution >= 4 is 5.96 Å². The number of nitrogens with one attached hydrogen (secondary N) is 2. The normalized spacial score (nSPS) is 11.2. The second-order valence-corrected chi connectivity index (χ2v) is 5.30. The Labute approximate surface area is 142 Å². The third kappa shape index (κ3) is 5.22. The Morgan fingerprint density at radius 3 is 2.79 bits per heavy atom. The summed E-state index contributed by atoms with van der Waals surface area (Å²) >= 11 is 0. The number of halogens is 1. The van der Waals surface area contributed by atoms with Crippen molar-refractivity contribution in [3.05, 3.63) is 59.0 Å². The fourth-order valence-electron chi connectivity index (χ4n) is 2.16. The van der Waals surface area contributed by atoms with Crippen molar-refractivity contribution in [1.82, 2.24) is 15.6 Å². The van der Waals surface area contributed by atoms with E-state index in [1.165, 1.54) is 6.07 Å². The number of aromatic nitrogens is 1. The van der Waals surface area contributed by atoms with Crippen LogP contribution in [0.15, 0.2) is 41.4 Å². The van der Waals surface area contributed by atoms with Crippen LogP contribution < -0.4 is 15.4 Å². The summed E-state index contributed by atoms with van der Waals surface area (Å²) in [7, 11) is 1.59. The summed E-state index contributed by atoms with van der Waals surface area (Å²) in [6.45, 7) is 5.51. The highest BCUT2D eigenvalue weighted by molar-refractivity contribution is 5.79. The monoisotopic (exact) mass is 330 g/mol. The Balaban J connectivity index is 2.00. The summed E-state index contributed by atoms with van der Waals surface area (Å²) in [4.78, 5) is 8.88. The Hall–Kier alpha value is -2.63. The number of hydrogen-bond donors (Lipinski definition) is 2. The highest BCUT2D eigenvalue weighted by atomic mass is 19.1. The molecule has 0 spiro atoms. The zero-order valence-electron chi connectivity index (χ0n) is 14.3. The molecule has 0 radical (unpaired) electrons. The smallest absolute Gasteiger partial charge is 0.213 e. The van der Waals surface area contributed by atoms with Crippen LogP contribution in [0, 0.1) is 12.7 Å². The van der Waals surface area contributed by atoms with E-state index in [2.05, 4.69) is 20.6 Å². The van der Waals surface area contributed by atoms with Crippen molar-refractivity contribution in [3.8, 4) is 5.88 Å². The fourth-order valence-corrected chi connectivity index (χ4v) is 2.16. The van der Waals surface area contributed by atoms with Gasteiger partial charge < -0.3 is 15.4 Å². The zero-order valence-corrected chi connectivity index (χ0v) is 14.3. The van der Waals surface area contributed by atoms with Gasteiger partial charge in [0.2, 0.25) is 5.88 Å². The first-order chi connectivity index (χ1) is 11.6. The quantitative estimate of drug-likeness (QED) is 0.632. The first-order valence-electron chi connectivity index (χ1n) is 7.89. The van der Waals surface area contributed by atoms with Crippen LogP contribution in [0.3, 0.4) is 0 Å². The van der Waals surface area contributed by atoms with Gasteiger partial charge in [-0.3, -0.25) is 0 Å². The molecule has 128 valence electrons. The molecule has 0 aliphatic rings. The molecule has 2 rings (SSSR count). The minimum atomic E-state index is -0.197. The molecular formula is C18H23FN4O. The van der Waals surface area contributed by atoms with Gasteiger partial charge in [-0.1, -0.05) is 18.2 Å². The van der Waals surface area contributed by atoms with E-state index in [1.807, 2.05) is 25.1 Å². The third-order valence-electron chi connectivity index (χ3n) is 3.41. The van der Waals surface area contributed by atoms with Crippen molar-refractivity contribution in [2.45, 2.75) is 26.9 Å². The van der Waals surface area contributed by atoms with Crippen molar-refractivity contribution in [3.63, 3.8) is 0 Å². The molecule has 1 heterocycles. The molecule has 0 unspecified atom stereocenters. The molecule has 0 aliphatic heterocycles. The molecule has 2 aromatic rings. The van der Waals surface area contributed by atoms with Crippen LogP contribution in [0.5, 0.6) is 5.88 Å². The van der Waals surface area contributed by atoms with E-state index < -0.39 is 0 Å². The van der Waals surface area contributed by atoms with E-state index in [4.69, 9.17) is 4.74 Å². The fraction of sp³-hybridized carbons (Fsp3) is 0.333. The minimum absolute atomic E-state index is 0.197. The van der Waals surface area contributed by atoms with Crippen LogP contribution in [0.25, 0.3) is 0 Å². The van der Waals surface area contributed by atoms with Gasteiger partial charge in [-0.2, -0.15) is 0 Å². The van der Waals surface area contributed by atoms with Gasteiger partial charge in [0.15, 0.2) is 5.96 Å². The van der Waals surface area contributed by atoms with Crippen LogP contribution in [-0.4, -0.2) is 24.6 Å². The topological polar surface area (TPSA) is 58.5 Å². The molecule has 1 aromatic heterocycles. The predicted octanol–water partition coefficient (Wildman–Crippen LogP) is 2.79. The Bertz CT molecular complexity index is 703. The summed E-state index contributed by atoms with van der Waals surface area (Å²) < 4.78 is 18.4. The van der Waals surface area contributed by atoms with E-state index in [0.29, 0.717) is 30.5 Å². The number of benzene rings is 1. The van der Waals surface area contributed by atoms with Crippen molar-refractivity contribution in [2.24, 2.45) is 4.99 Å². The molecule has 0 amide bonds. The lowest BCUT2D eigenvalue weighted by Gasteiger charge is -2.11. The predicted molar refractivity (Wildman–Crippen MR) is 93.6 cm³/mol. The second kappa shape index (κ2) is 8.86. The van der Waals surface area contributed by atoms with Crippen LogP contribution in [-0.2, 0) is 13.1 Å². The Kier molecular flexibility index (Phi) is 6.54. The molecule has 6 heteroatoms. The third-order valence-corrected chi connectivity index (χ3v) is 3.41. The Morgan fingerprint density at radius 2 is 2.08 bits per heavy atom. The zero-order chi connectivity index (χ0) is 17.4. The van der Waals surface area contributed by atoms with Gasteiger partial charge in [-0.25, -0.2) is 14.4 Å². The molecule has 0 bridgehead atoms. The van der Waals surface area contributed by atoms with Gasteiger partial charge in [-0.05, 0) is 37.1 Å². The summed E-state index contributed by atoms with van der Waals surface area (Å²) in [5.74, 6) is 1.07. The van der Waals surface area contributed by atoms with E-state index >= 15 is 0 Å². The van der Waals surface area contributed by atoms with Gasteiger partial charge in [-0.15, -0.1) is 0 Å². The van der Waals surface area contributed by atoms with E-state index in [9.17, 15) is 4.39 Å². The molecule has 24 heavy (non-hydrogen) atoms. The van der Waals surface area contributed by atoms with Crippen LogP contribution in [0.1, 0.15) is 23.7 Å². The summed E-state index contributed by atoms with van der Waals surface area (Å²) in [5.41, 5.74) is 2.45. The lowest BCUT2D eigenvalue weighted by molar-refractivity contribution is 0.396. The average molecular weight is 330 g/mol. The summed E-state index contributed by atoms with van der Waals surface area (Å²) in [6, 6.07) is 10.7. The molecule has 0 saturated heterocycles. The molecule has 1 aromatic carbocycles. The maximum absolute atomic E-state index is 13.3. The number of nitrogens with zero attached hydrogens (tertiary/aromatic N) is 2. The number of ether oxygens (including phenoxy) is 1. The van der Waals surface area contributed by atoms with Gasteiger partial charge in [0, 0.05) is 12.6 Å². The Morgan fingerprint density at radius 1 is 1.25 bits per heavy atom. The first-order valence-corrected chi connectivity index (χ1v) is 7.89. The molecule has 0 fully saturated rings. The molecular weight excluding hydrogens is 307 g/mol.